The van der Waals surface area contributed by atoms with Gasteiger partial charge in [0.2, 0.25) is 0 Å². The quantitative estimate of drug-likeness (QED) is 0.841. The van der Waals surface area contributed by atoms with Crippen LogP contribution in [0.5, 0.6) is 0 Å². The molecular weight excluding hydrogens is 339 g/mol. The molecule has 0 bridgehead atoms. The number of halogens is 2. The minimum Gasteiger partial charge on any atom is -0.344 e. The predicted molar refractivity (Wildman–Crippen MR) is 83.1 cm³/mol. The summed E-state index contributed by atoms with van der Waals surface area (Å²) >= 11 is 3.16. The van der Waals surface area contributed by atoms with E-state index >= 15 is 0 Å². The number of carbonyl (C=O) groups is 2. The van der Waals surface area contributed by atoms with Crippen molar-refractivity contribution in [3.05, 3.63) is 34.1 Å². The first-order chi connectivity index (χ1) is 9.73. The van der Waals surface area contributed by atoms with Crippen molar-refractivity contribution in [1.29, 1.82) is 0 Å². The molecule has 0 spiro atoms. The largest absolute Gasteiger partial charge is 0.344 e. The molecule has 6 heteroatoms. The van der Waals surface area contributed by atoms with Crippen molar-refractivity contribution in [3.8, 4) is 0 Å². The third-order valence-corrected chi connectivity index (χ3v) is 3.49. The van der Waals surface area contributed by atoms with Gasteiger partial charge in [0.25, 0.3) is 0 Å². The van der Waals surface area contributed by atoms with Crippen LogP contribution in [-0.2, 0) is 16.1 Å². The SMILES string of the molecule is CC(C)N(C(=O)C(=O)NCc1ccc(Br)cc1F)C(C)C. The molecule has 116 valence electrons. The lowest BCUT2D eigenvalue weighted by Crippen LogP contribution is -2.49. The van der Waals surface area contributed by atoms with E-state index in [0.717, 1.165) is 0 Å². The van der Waals surface area contributed by atoms with E-state index in [2.05, 4.69) is 21.2 Å². The lowest BCUT2D eigenvalue weighted by molar-refractivity contribution is -0.148. The Morgan fingerprint density at radius 2 is 1.81 bits per heavy atom. The molecule has 1 N–H and O–H groups in total. The fraction of sp³-hybridized carbons (Fsp3) is 0.467. The first-order valence-corrected chi connectivity index (χ1v) is 7.57. The highest BCUT2D eigenvalue weighted by atomic mass is 79.9. The van der Waals surface area contributed by atoms with Crippen LogP contribution >= 0.6 is 15.9 Å². The van der Waals surface area contributed by atoms with Gasteiger partial charge in [-0.25, -0.2) is 4.39 Å². The summed E-state index contributed by atoms with van der Waals surface area (Å²) in [5, 5.41) is 2.46. The van der Waals surface area contributed by atoms with Crippen LogP contribution in [0.4, 0.5) is 4.39 Å². The van der Waals surface area contributed by atoms with Gasteiger partial charge < -0.3 is 10.2 Å². The van der Waals surface area contributed by atoms with E-state index in [1.807, 2.05) is 27.7 Å². The number of amides is 2. The Bertz CT molecular complexity index is 524. The molecule has 1 rings (SSSR count). The van der Waals surface area contributed by atoms with E-state index in [0.29, 0.717) is 10.0 Å². The second-order valence-corrected chi connectivity index (χ2v) is 6.23. The first-order valence-electron chi connectivity index (χ1n) is 6.78. The summed E-state index contributed by atoms with van der Waals surface area (Å²) in [4.78, 5) is 25.5. The van der Waals surface area contributed by atoms with Crippen LogP contribution in [-0.4, -0.2) is 28.8 Å². The predicted octanol–water partition coefficient (Wildman–Crippen LogP) is 2.85. The average Bonchev–Trinajstić information content (AvgIpc) is 2.36. The minimum atomic E-state index is -0.722. The summed E-state index contributed by atoms with van der Waals surface area (Å²) in [7, 11) is 0. The summed E-state index contributed by atoms with van der Waals surface area (Å²) in [6.45, 7) is 7.37. The summed E-state index contributed by atoms with van der Waals surface area (Å²) < 4.78 is 14.3. The molecule has 0 saturated heterocycles. The number of rotatable bonds is 4. The zero-order valence-corrected chi connectivity index (χ0v) is 14.2. The van der Waals surface area contributed by atoms with E-state index in [4.69, 9.17) is 0 Å². The molecule has 4 nitrogen and oxygen atoms in total. The van der Waals surface area contributed by atoms with E-state index in [1.165, 1.54) is 11.0 Å². The molecule has 1 aromatic carbocycles. The highest BCUT2D eigenvalue weighted by Gasteiger charge is 2.26. The molecule has 0 atom stereocenters. The second-order valence-electron chi connectivity index (χ2n) is 5.32. The van der Waals surface area contributed by atoms with Crippen molar-refractivity contribution in [2.75, 3.05) is 0 Å². The van der Waals surface area contributed by atoms with Crippen LogP contribution in [0.3, 0.4) is 0 Å². The third kappa shape index (κ3) is 4.81. The van der Waals surface area contributed by atoms with Gasteiger partial charge in [0.1, 0.15) is 5.82 Å². The second kappa shape index (κ2) is 7.54. The molecule has 1 aromatic rings. The van der Waals surface area contributed by atoms with Crippen molar-refractivity contribution >= 4 is 27.7 Å². The number of hydrogen-bond donors (Lipinski definition) is 1. The van der Waals surface area contributed by atoms with Gasteiger partial charge in [-0.15, -0.1) is 0 Å². The van der Waals surface area contributed by atoms with Crippen LogP contribution in [0.1, 0.15) is 33.3 Å². The van der Waals surface area contributed by atoms with Crippen molar-refractivity contribution < 1.29 is 14.0 Å². The highest BCUT2D eigenvalue weighted by Crippen LogP contribution is 2.15. The molecule has 0 unspecified atom stereocenters. The van der Waals surface area contributed by atoms with Crippen LogP contribution in [0.15, 0.2) is 22.7 Å². The molecule has 21 heavy (non-hydrogen) atoms. The van der Waals surface area contributed by atoms with Gasteiger partial charge in [-0.2, -0.15) is 0 Å². The van der Waals surface area contributed by atoms with Gasteiger partial charge in [-0.1, -0.05) is 22.0 Å². The first kappa shape index (κ1) is 17.6. The van der Waals surface area contributed by atoms with E-state index in [-0.39, 0.29) is 18.6 Å². The van der Waals surface area contributed by atoms with Crippen molar-refractivity contribution in [2.45, 2.75) is 46.3 Å². The Hall–Kier alpha value is -1.43. The van der Waals surface area contributed by atoms with Crippen molar-refractivity contribution in [3.63, 3.8) is 0 Å². The number of carbonyl (C=O) groups excluding carboxylic acids is 2. The molecular formula is C15H20BrFN2O2. The van der Waals surface area contributed by atoms with E-state index in [1.54, 1.807) is 12.1 Å². The normalized spacial score (nSPS) is 10.9. The van der Waals surface area contributed by atoms with Gasteiger partial charge in [0.15, 0.2) is 0 Å². The third-order valence-electron chi connectivity index (χ3n) is 3.00. The van der Waals surface area contributed by atoms with Gasteiger partial charge in [-0.05, 0) is 39.8 Å². The van der Waals surface area contributed by atoms with Gasteiger partial charge in [0.05, 0.1) is 0 Å². The molecule has 0 aliphatic rings. The summed E-state index contributed by atoms with van der Waals surface area (Å²) in [5.41, 5.74) is 0.333. The Labute approximate surface area is 132 Å². The Morgan fingerprint density at radius 1 is 1.24 bits per heavy atom. The van der Waals surface area contributed by atoms with Gasteiger partial charge in [-0.3, -0.25) is 9.59 Å². The van der Waals surface area contributed by atoms with Crippen molar-refractivity contribution in [2.24, 2.45) is 0 Å². The number of nitrogens with zero attached hydrogens (tertiary/aromatic N) is 1. The fourth-order valence-corrected chi connectivity index (χ4v) is 2.43. The standard InChI is InChI=1S/C15H20BrFN2O2/c1-9(2)19(10(3)4)15(21)14(20)18-8-11-5-6-12(16)7-13(11)17/h5-7,9-10H,8H2,1-4H3,(H,18,20). The monoisotopic (exact) mass is 358 g/mol. The lowest BCUT2D eigenvalue weighted by Gasteiger charge is -2.29. The van der Waals surface area contributed by atoms with Crippen LogP contribution in [0.2, 0.25) is 0 Å². The molecule has 0 aliphatic heterocycles. The molecule has 0 heterocycles. The zero-order chi connectivity index (χ0) is 16.2. The number of benzene rings is 1. The van der Waals surface area contributed by atoms with Crippen LogP contribution in [0.25, 0.3) is 0 Å². The molecule has 0 fully saturated rings. The molecule has 0 saturated carbocycles. The fourth-order valence-electron chi connectivity index (χ4n) is 2.10. The summed E-state index contributed by atoms with van der Waals surface area (Å²) in [6, 6.07) is 4.41. The molecule has 0 radical (unpaired) electrons. The molecule has 0 aromatic heterocycles. The molecule has 2 amide bonds. The number of nitrogens with one attached hydrogen (secondary N) is 1. The minimum absolute atomic E-state index is 0.0201. The van der Waals surface area contributed by atoms with Gasteiger partial charge >= 0.3 is 11.8 Å². The smallest absolute Gasteiger partial charge is 0.312 e. The highest BCUT2D eigenvalue weighted by molar-refractivity contribution is 9.10. The topological polar surface area (TPSA) is 49.4 Å². The maximum atomic E-state index is 13.6. The zero-order valence-electron chi connectivity index (χ0n) is 12.6. The van der Waals surface area contributed by atoms with Crippen molar-refractivity contribution in [1.82, 2.24) is 10.2 Å². The average molecular weight is 359 g/mol. The van der Waals surface area contributed by atoms with Crippen LogP contribution < -0.4 is 5.32 Å². The van der Waals surface area contributed by atoms with Gasteiger partial charge in [0, 0.05) is 28.7 Å². The van der Waals surface area contributed by atoms with E-state index in [9.17, 15) is 14.0 Å². The summed E-state index contributed by atoms with van der Waals surface area (Å²) in [6.07, 6.45) is 0. The lowest BCUT2D eigenvalue weighted by atomic mass is 10.2. The summed E-state index contributed by atoms with van der Waals surface area (Å²) in [5.74, 6) is -1.75. The van der Waals surface area contributed by atoms with Crippen LogP contribution in [0, 0.1) is 5.82 Å². The van der Waals surface area contributed by atoms with E-state index < -0.39 is 17.6 Å². The molecule has 0 aliphatic carbocycles. The Morgan fingerprint density at radius 3 is 2.29 bits per heavy atom. The number of hydrogen-bond acceptors (Lipinski definition) is 2. The maximum absolute atomic E-state index is 13.6. The Kier molecular flexibility index (Phi) is 6.33. The Balaban J connectivity index is 2.70. The maximum Gasteiger partial charge on any atom is 0.312 e.